The third-order valence-corrected chi connectivity index (χ3v) is 8.02. The van der Waals surface area contributed by atoms with Gasteiger partial charge in [-0.2, -0.15) is 0 Å². The molecule has 10 heteroatoms. The van der Waals surface area contributed by atoms with Crippen molar-refractivity contribution < 1.29 is 27.8 Å². The summed E-state index contributed by atoms with van der Waals surface area (Å²) in [6, 6.07) is 10.4. The summed E-state index contributed by atoms with van der Waals surface area (Å²) in [4.78, 5) is 24.1. The Balaban J connectivity index is 0.000000294. The Bertz CT molecular complexity index is 1150. The highest BCUT2D eigenvalue weighted by Gasteiger charge is 2.25. The Morgan fingerprint density at radius 2 is 1.90 bits per heavy atom. The standard InChI is InChI=1S/C17H26N2O3.C15H19F2NOS/c1-13(2)17(14(3)22-10-9-21-4)19-16-7-5-15(6-8-16)11-18-12-20;1-10-8-14(17)12(9-13(10)16)4-3-5-15(19)18-6-7-20-11(18)2/h5-8,12-13,17,19H,3,9-11H2,1-2,4H3,(H,18,20);8-9,11H,3-7H2,1-2H3/t;11-/m.0/s1. The minimum absolute atomic E-state index is 0.0239. The summed E-state index contributed by atoms with van der Waals surface area (Å²) >= 11 is 1.77. The minimum atomic E-state index is -0.391. The molecule has 2 atom stereocenters. The smallest absolute Gasteiger partial charge is 0.223 e. The zero-order chi connectivity index (χ0) is 31.1. The lowest BCUT2D eigenvalue weighted by atomic mass is 10.0. The fraction of sp³-hybridized carbons (Fsp3) is 0.500. The van der Waals surface area contributed by atoms with Crippen molar-refractivity contribution in [3.05, 3.63) is 77.1 Å². The van der Waals surface area contributed by atoms with Crippen LogP contribution in [0.15, 0.2) is 48.7 Å². The van der Waals surface area contributed by atoms with Gasteiger partial charge in [-0.05, 0) is 73.6 Å². The third kappa shape index (κ3) is 11.6. The molecule has 1 fully saturated rings. The fourth-order valence-electron chi connectivity index (χ4n) is 4.40. The third-order valence-electron chi connectivity index (χ3n) is 6.87. The number of carbonyl (C=O) groups excluding carboxylic acids is 2. The maximum atomic E-state index is 13.7. The second-order valence-electron chi connectivity index (χ2n) is 10.5. The average molecular weight is 606 g/mol. The molecule has 2 aromatic rings. The van der Waals surface area contributed by atoms with Crippen LogP contribution in [0.5, 0.6) is 0 Å². The van der Waals surface area contributed by atoms with E-state index in [2.05, 4.69) is 31.1 Å². The number of aryl methyl sites for hydroxylation is 2. The molecule has 1 saturated heterocycles. The SMILES string of the molecule is C=C(OCCOC)C(Nc1ccc(CNC=O)cc1)C(C)C.Cc1cc(F)c(CCCC(=O)N2CCS[C@H]2C)cc1F. The van der Waals surface area contributed by atoms with Crippen LogP contribution in [0.3, 0.4) is 0 Å². The summed E-state index contributed by atoms with van der Waals surface area (Å²) in [7, 11) is 1.64. The maximum Gasteiger partial charge on any atom is 0.223 e. The number of carbonyl (C=O) groups is 2. The van der Waals surface area contributed by atoms with E-state index >= 15 is 0 Å². The molecule has 0 aromatic heterocycles. The molecule has 3 rings (SSSR count). The number of hydrogen-bond donors (Lipinski definition) is 2. The molecule has 0 saturated carbocycles. The van der Waals surface area contributed by atoms with Gasteiger partial charge in [-0.1, -0.05) is 32.6 Å². The highest BCUT2D eigenvalue weighted by atomic mass is 32.2. The molecule has 0 bridgehead atoms. The van der Waals surface area contributed by atoms with Gasteiger partial charge < -0.3 is 25.0 Å². The lowest BCUT2D eigenvalue weighted by molar-refractivity contribution is -0.131. The molecule has 232 valence electrons. The van der Waals surface area contributed by atoms with Crippen LogP contribution in [0.2, 0.25) is 0 Å². The second kappa shape index (κ2) is 18.4. The largest absolute Gasteiger partial charge is 0.494 e. The van der Waals surface area contributed by atoms with Gasteiger partial charge in [0.15, 0.2) is 0 Å². The topological polar surface area (TPSA) is 79.9 Å². The average Bonchev–Trinajstić information content (AvgIpc) is 3.40. The predicted molar refractivity (Wildman–Crippen MR) is 166 cm³/mol. The van der Waals surface area contributed by atoms with E-state index in [-0.39, 0.29) is 23.1 Å². The van der Waals surface area contributed by atoms with E-state index in [0.29, 0.717) is 68.2 Å². The predicted octanol–water partition coefficient (Wildman–Crippen LogP) is 6.06. The van der Waals surface area contributed by atoms with Crippen molar-refractivity contribution >= 4 is 29.8 Å². The zero-order valence-electron chi connectivity index (χ0n) is 25.4. The number of anilines is 1. The van der Waals surface area contributed by atoms with Gasteiger partial charge in [-0.3, -0.25) is 9.59 Å². The van der Waals surface area contributed by atoms with Gasteiger partial charge in [-0.15, -0.1) is 11.8 Å². The number of hydrogen-bond acceptors (Lipinski definition) is 6. The first-order chi connectivity index (χ1) is 20.1. The molecule has 2 aromatic carbocycles. The van der Waals surface area contributed by atoms with E-state index in [1.54, 1.807) is 18.9 Å². The highest BCUT2D eigenvalue weighted by Crippen LogP contribution is 2.24. The van der Waals surface area contributed by atoms with Gasteiger partial charge in [0.25, 0.3) is 0 Å². The van der Waals surface area contributed by atoms with E-state index in [1.165, 1.54) is 19.1 Å². The molecule has 2 N–H and O–H groups in total. The monoisotopic (exact) mass is 605 g/mol. The van der Waals surface area contributed by atoms with E-state index in [4.69, 9.17) is 9.47 Å². The molecule has 0 radical (unpaired) electrons. The lowest BCUT2D eigenvalue weighted by Gasteiger charge is -2.25. The molecule has 1 unspecified atom stereocenters. The number of nitrogens with zero attached hydrogens (tertiary/aromatic N) is 1. The molecular formula is C32H45F2N3O4S. The fourth-order valence-corrected chi connectivity index (χ4v) is 5.44. The molecule has 0 aliphatic carbocycles. The number of thioether (sulfide) groups is 1. The van der Waals surface area contributed by atoms with Gasteiger partial charge in [0.1, 0.15) is 24.0 Å². The Kier molecular flexibility index (Phi) is 15.4. The van der Waals surface area contributed by atoms with E-state index in [9.17, 15) is 18.4 Å². The van der Waals surface area contributed by atoms with Crippen molar-refractivity contribution in [3.63, 3.8) is 0 Å². The summed E-state index contributed by atoms with van der Waals surface area (Å²) in [5.74, 6) is 1.35. The minimum Gasteiger partial charge on any atom is -0.494 e. The highest BCUT2D eigenvalue weighted by molar-refractivity contribution is 8.00. The quantitative estimate of drug-likeness (QED) is 0.146. The normalized spacial score (nSPS) is 15.0. The first kappa shape index (κ1) is 35.1. The molecular weight excluding hydrogens is 560 g/mol. The van der Waals surface area contributed by atoms with Crippen LogP contribution >= 0.6 is 11.8 Å². The van der Waals surface area contributed by atoms with E-state index in [0.717, 1.165) is 23.5 Å². The van der Waals surface area contributed by atoms with Gasteiger partial charge in [0.2, 0.25) is 12.3 Å². The second-order valence-corrected chi connectivity index (χ2v) is 11.9. The number of nitrogens with one attached hydrogen (secondary N) is 2. The summed E-state index contributed by atoms with van der Waals surface area (Å²) in [6.07, 6.45) is 2.03. The molecule has 7 nitrogen and oxygen atoms in total. The summed E-state index contributed by atoms with van der Waals surface area (Å²) in [6.45, 7) is 14.2. The zero-order valence-corrected chi connectivity index (χ0v) is 26.2. The van der Waals surface area contributed by atoms with Crippen LogP contribution in [0, 0.1) is 24.5 Å². The van der Waals surface area contributed by atoms with Crippen molar-refractivity contribution in [3.8, 4) is 0 Å². The van der Waals surface area contributed by atoms with Crippen LogP contribution in [0.1, 0.15) is 50.3 Å². The number of amides is 2. The Labute approximate surface area is 253 Å². The summed E-state index contributed by atoms with van der Waals surface area (Å²) in [5.41, 5.74) is 2.70. The molecule has 0 spiro atoms. The number of methoxy groups -OCH3 is 1. The number of rotatable bonds is 15. The Hall–Kier alpha value is -3.11. The van der Waals surface area contributed by atoms with Crippen molar-refractivity contribution in [2.45, 2.75) is 64.9 Å². The van der Waals surface area contributed by atoms with Crippen LogP contribution in [0.25, 0.3) is 0 Å². The van der Waals surface area contributed by atoms with Crippen molar-refractivity contribution in [1.82, 2.24) is 10.2 Å². The van der Waals surface area contributed by atoms with Gasteiger partial charge in [0.05, 0.1) is 18.0 Å². The number of ether oxygens (including phenoxy) is 2. The van der Waals surface area contributed by atoms with Crippen LogP contribution in [0.4, 0.5) is 14.5 Å². The van der Waals surface area contributed by atoms with Crippen molar-refractivity contribution in [1.29, 1.82) is 0 Å². The lowest BCUT2D eigenvalue weighted by Crippen LogP contribution is -2.32. The molecule has 42 heavy (non-hydrogen) atoms. The molecule has 2 amide bonds. The number of halogens is 2. The maximum absolute atomic E-state index is 13.7. The van der Waals surface area contributed by atoms with E-state index < -0.39 is 5.82 Å². The van der Waals surface area contributed by atoms with Crippen LogP contribution in [-0.4, -0.2) is 61.3 Å². The first-order valence-corrected chi connectivity index (χ1v) is 15.3. The molecule has 1 aliphatic heterocycles. The van der Waals surface area contributed by atoms with Crippen molar-refractivity contribution in [2.75, 3.05) is 37.9 Å². The molecule has 1 heterocycles. The Morgan fingerprint density at radius 3 is 2.50 bits per heavy atom. The summed E-state index contributed by atoms with van der Waals surface area (Å²) in [5, 5.41) is 6.31. The van der Waals surface area contributed by atoms with Gasteiger partial charge in [-0.25, -0.2) is 8.78 Å². The Morgan fingerprint density at radius 1 is 1.19 bits per heavy atom. The number of benzene rings is 2. The van der Waals surface area contributed by atoms with Crippen LogP contribution in [-0.2, 0) is 32.0 Å². The van der Waals surface area contributed by atoms with Gasteiger partial charge in [0, 0.05) is 38.1 Å². The van der Waals surface area contributed by atoms with Crippen LogP contribution < -0.4 is 10.6 Å². The van der Waals surface area contributed by atoms with Crippen molar-refractivity contribution in [2.24, 2.45) is 5.92 Å². The van der Waals surface area contributed by atoms with E-state index in [1.807, 2.05) is 36.1 Å². The van der Waals surface area contributed by atoms with Gasteiger partial charge >= 0.3 is 0 Å². The molecule has 1 aliphatic rings. The first-order valence-electron chi connectivity index (χ1n) is 14.3. The summed E-state index contributed by atoms with van der Waals surface area (Å²) < 4.78 is 37.7.